The third-order valence-electron chi connectivity index (χ3n) is 5.67. The van der Waals surface area contributed by atoms with Crippen LogP contribution in [0.1, 0.15) is 57.8 Å². The Morgan fingerprint density at radius 2 is 1.86 bits per heavy atom. The molecule has 4 heteroatoms. The summed E-state index contributed by atoms with van der Waals surface area (Å²) in [5.74, 6) is 0.220. The van der Waals surface area contributed by atoms with Crippen molar-refractivity contribution >= 4 is 11.6 Å². The van der Waals surface area contributed by atoms with E-state index in [0.29, 0.717) is 17.2 Å². The Bertz CT molecular complexity index is 740. The van der Waals surface area contributed by atoms with Gasteiger partial charge in [0.15, 0.2) is 0 Å². The van der Waals surface area contributed by atoms with Crippen LogP contribution in [0.15, 0.2) is 60.3 Å². The summed E-state index contributed by atoms with van der Waals surface area (Å²) < 4.78 is 0. The fourth-order valence-electron chi connectivity index (χ4n) is 3.86. The van der Waals surface area contributed by atoms with Gasteiger partial charge in [-0.15, -0.1) is 0 Å². The van der Waals surface area contributed by atoms with Crippen LogP contribution in [0.4, 0.5) is 5.69 Å². The monoisotopic (exact) mass is 381 g/mol. The number of allylic oxidation sites excluding steroid dienone is 4. The van der Waals surface area contributed by atoms with Gasteiger partial charge in [0, 0.05) is 36.0 Å². The van der Waals surface area contributed by atoms with Crippen LogP contribution < -0.4 is 15.8 Å². The predicted molar refractivity (Wildman–Crippen MR) is 119 cm³/mol. The van der Waals surface area contributed by atoms with Crippen molar-refractivity contribution in [1.82, 2.24) is 10.9 Å². The van der Waals surface area contributed by atoms with Crippen LogP contribution in [0, 0.1) is 11.3 Å². The zero-order valence-corrected chi connectivity index (χ0v) is 18.0. The summed E-state index contributed by atoms with van der Waals surface area (Å²) in [6.07, 6.45) is 8.79. The molecule has 0 fully saturated rings. The molecule has 152 valence electrons. The number of nitrogens with zero attached hydrogens (tertiary/aromatic N) is 1. The Kier molecular flexibility index (Phi) is 7.50. The lowest BCUT2D eigenvalue weighted by Crippen LogP contribution is -2.36. The molecule has 1 aliphatic rings. The van der Waals surface area contributed by atoms with E-state index in [1.54, 1.807) is 0 Å². The molecule has 0 saturated carbocycles. The fourth-order valence-corrected chi connectivity index (χ4v) is 3.86. The Hall–Kier alpha value is -2.49. The minimum atomic E-state index is -0.172. The van der Waals surface area contributed by atoms with Crippen LogP contribution >= 0.6 is 0 Å². The largest absolute Gasteiger partial charge is 0.372 e. The summed E-state index contributed by atoms with van der Waals surface area (Å²) in [5, 5.41) is 0. The van der Waals surface area contributed by atoms with Gasteiger partial charge in [-0.05, 0) is 69.4 Å². The fraction of sp³-hybridized carbons (Fsp3) is 0.458. The lowest BCUT2D eigenvalue weighted by molar-refractivity contribution is 0.0939. The van der Waals surface area contributed by atoms with Gasteiger partial charge in [0.2, 0.25) is 0 Å². The zero-order chi connectivity index (χ0) is 20.7. The molecule has 1 amide bonds. The molecular formula is C24H35N3O. The number of carbonyl (C=O) groups is 1. The molecule has 1 aromatic carbocycles. The summed E-state index contributed by atoms with van der Waals surface area (Å²) >= 11 is 0. The van der Waals surface area contributed by atoms with E-state index in [-0.39, 0.29) is 11.3 Å². The van der Waals surface area contributed by atoms with Crippen molar-refractivity contribution in [2.24, 2.45) is 11.3 Å². The molecule has 0 radical (unpaired) electrons. The van der Waals surface area contributed by atoms with Crippen LogP contribution in [0.25, 0.3) is 0 Å². The summed E-state index contributed by atoms with van der Waals surface area (Å²) in [7, 11) is 0. The SMILES string of the molecule is C=C(/C=C/[C@@H]1C(C)=CCCC1(C)C)NNC(=O)c1ccc(N(CC)CC)cc1. The smallest absolute Gasteiger partial charge is 0.269 e. The summed E-state index contributed by atoms with van der Waals surface area (Å²) in [6, 6.07) is 7.66. The first-order valence-electron chi connectivity index (χ1n) is 10.2. The first-order valence-corrected chi connectivity index (χ1v) is 10.2. The van der Waals surface area contributed by atoms with Crippen molar-refractivity contribution in [3.63, 3.8) is 0 Å². The van der Waals surface area contributed by atoms with Crippen LogP contribution in [0.2, 0.25) is 0 Å². The Morgan fingerprint density at radius 1 is 1.21 bits per heavy atom. The van der Waals surface area contributed by atoms with Gasteiger partial charge in [-0.3, -0.25) is 15.6 Å². The maximum atomic E-state index is 12.4. The predicted octanol–water partition coefficient (Wildman–Crippen LogP) is 5.22. The summed E-state index contributed by atoms with van der Waals surface area (Å²) in [4.78, 5) is 14.6. The van der Waals surface area contributed by atoms with E-state index < -0.39 is 0 Å². The molecule has 1 aromatic rings. The second kappa shape index (κ2) is 9.63. The molecule has 0 spiro atoms. The van der Waals surface area contributed by atoms with E-state index in [0.717, 1.165) is 25.2 Å². The van der Waals surface area contributed by atoms with Crippen LogP contribution in [0.3, 0.4) is 0 Å². The van der Waals surface area contributed by atoms with E-state index >= 15 is 0 Å². The van der Waals surface area contributed by atoms with E-state index in [1.807, 2.05) is 30.3 Å². The van der Waals surface area contributed by atoms with Crippen LogP contribution in [0.5, 0.6) is 0 Å². The number of hydrogen-bond acceptors (Lipinski definition) is 3. The highest BCUT2D eigenvalue weighted by Crippen LogP contribution is 2.41. The highest BCUT2D eigenvalue weighted by atomic mass is 16.2. The lowest BCUT2D eigenvalue weighted by Gasteiger charge is -2.36. The van der Waals surface area contributed by atoms with Crippen molar-refractivity contribution in [1.29, 1.82) is 0 Å². The van der Waals surface area contributed by atoms with Gasteiger partial charge in [-0.25, -0.2) is 0 Å². The molecule has 2 N–H and O–H groups in total. The second-order valence-corrected chi connectivity index (χ2v) is 8.14. The molecule has 28 heavy (non-hydrogen) atoms. The van der Waals surface area contributed by atoms with Gasteiger partial charge in [0.05, 0.1) is 0 Å². The quantitative estimate of drug-likeness (QED) is 0.369. The van der Waals surface area contributed by atoms with Crippen molar-refractivity contribution in [2.75, 3.05) is 18.0 Å². The van der Waals surface area contributed by atoms with Gasteiger partial charge in [-0.2, -0.15) is 0 Å². The molecule has 0 aliphatic heterocycles. The molecule has 1 aliphatic carbocycles. The average molecular weight is 382 g/mol. The van der Waals surface area contributed by atoms with Gasteiger partial charge >= 0.3 is 0 Å². The van der Waals surface area contributed by atoms with E-state index in [4.69, 9.17) is 0 Å². The lowest BCUT2D eigenvalue weighted by atomic mass is 9.68. The molecule has 1 atom stereocenters. The van der Waals surface area contributed by atoms with Gasteiger partial charge in [0.1, 0.15) is 0 Å². The number of hydrazine groups is 1. The molecule has 0 heterocycles. The maximum Gasteiger partial charge on any atom is 0.269 e. The average Bonchev–Trinajstić information content (AvgIpc) is 2.66. The third kappa shape index (κ3) is 5.51. The standard InChI is InChI=1S/C24H35N3O/c1-7-27(8-2)21-14-12-20(13-15-21)23(28)26-25-19(4)11-16-22-18(3)10-9-17-24(22,5)6/h10-16,22,25H,4,7-9,17H2,1-3,5-6H3,(H,26,28)/b16-11+/t22-/m1/s1. The number of carbonyl (C=O) groups excluding carboxylic acids is 1. The van der Waals surface area contributed by atoms with E-state index in [9.17, 15) is 4.79 Å². The number of nitrogens with one attached hydrogen (secondary N) is 2. The minimum absolute atomic E-state index is 0.172. The molecular weight excluding hydrogens is 346 g/mol. The Balaban J connectivity index is 1.91. The van der Waals surface area contributed by atoms with Crippen molar-refractivity contribution in [2.45, 2.75) is 47.5 Å². The van der Waals surface area contributed by atoms with E-state index in [1.165, 1.54) is 12.0 Å². The number of benzene rings is 1. The summed E-state index contributed by atoms with van der Waals surface area (Å²) in [6.45, 7) is 16.9. The van der Waals surface area contributed by atoms with Crippen LogP contribution in [-0.4, -0.2) is 19.0 Å². The van der Waals surface area contributed by atoms with Crippen molar-refractivity contribution in [3.05, 3.63) is 65.9 Å². The van der Waals surface area contributed by atoms with Gasteiger partial charge in [0.25, 0.3) is 5.91 Å². The number of hydrogen-bond donors (Lipinski definition) is 2. The second-order valence-electron chi connectivity index (χ2n) is 8.14. The highest BCUT2D eigenvalue weighted by molar-refractivity contribution is 5.94. The van der Waals surface area contributed by atoms with E-state index in [2.05, 4.69) is 69.1 Å². The third-order valence-corrected chi connectivity index (χ3v) is 5.67. The van der Waals surface area contributed by atoms with Gasteiger partial charge < -0.3 is 4.90 Å². The zero-order valence-electron chi connectivity index (χ0n) is 18.0. The normalized spacial score (nSPS) is 18.5. The minimum Gasteiger partial charge on any atom is -0.372 e. The summed E-state index contributed by atoms with van der Waals surface area (Å²) in [5.41, 5.74) is 9.69. The molecule has 0 unspecified atom stereocenters. The molecule has 4 nitrogen and oxygen atoms in total. The van der Waals surface area contributed by atoms with Crippen LogP contribution in [-0.2, 0) is 0 Å². The highest BCUT2D eigenvalue weighted by Gasteiger charge is 2.30. The Labute approximate surface area is 170 Å². The topological polar surface area (TPSA) is 44.4 Å². The molecule has 0 aromatic heterocycles. The number of rotatable bonds is 8. The Morgan fingerprint density at radius 3 is 2.43 bits per heavy atom. The first kappa shape index (κ1) is 21.8. The maximum absolute atomic E-state index is 12.4. The van der Waals surface area contributed by atoms with Gasteiger partial charge in [-0.1, -0.05) is 38.2 Å². The first-order chi connectivity index (χ1) is 13.3. The molecule has 2 rings (SSSR count). The number of anilines is 1. The molecule has 0 saturated heterocycles. The van der Waals surface area contributed by atoms with Crippen molar-refractivity contribution in [3.8, 4) is 0 Å². The van der Waals surface area contributed by atoms with Crippen molar-refractivity contribution < 1.29 is 4.79 Å². The molecule has 0 bridgehead atoms. The number of amides is 1.